The molecule has 0 amide bonds. The number of rotatable bonds is 2. The van der Waals surface area contributed by atoms with Crippen LogP contribution in [0.2, 0.25) is 0 Å². The van der Waals surface area contributed by atoms with Gasteiger partial charge in [-0.05, 0) is 24.3 Å². The van der Waals surface area contributed by atoms with Gasteiger partial charge in [-0.1, -0.05) is 16.8 Å². The van der Waals surface area contributed by atoms with Gasteiger partial charge in [-0.25, -0.2) is 0 Å². The second-order valence-corrected chi connectivity index (χ2v) is 2.48. The summed E-state index contributed by atoms with van der Waals surface area (Å²) < 4.78 is 4.94. The molecule has 0 bridgehead atoms. The van der Waals surface area contributed by atoms with Crippen molar-refractivity contribution in [1.29, 1.82) is 0 Å². The van der Waals surface area contributed by atoms with Crippen molar-refractivity contribution in [2.24, 2.45) is 5.16 Å². The van der Waals surface area contributed by atoms with Crippen molar-refractivity contribution >= 4 is 16.8 Å². The van der Waals surface area contributed by atoms with Gasteiger partial charge in [0.2, 0.25) is 0 Å². The van der Waals surface area contributed by atoms with Crippen LogP contribution < -0.4 is 4.74 Å². The van der Waals surface area contributed by atoms with Gasteiger partial charge in [0, 0.05) is 5.56 Å². The summed E-state index contributed by atoms with van der Waals surface area (Å²) in [5.74, 6) is 0.737. The summed E-state index contributed by atoms with van der Waals surface area (Å²) in [6, 6.07) is 6.90. The van der Waals surface area contributed by atoms with Gasteiger partial charge >= 0.3 is 0 Å². The predicted octanol–water partition coefficient (Wildman–Crippen LogP) is 2.07. The Morgan fingerprint density at radius 3 is 2.42 bits per heavy atom. The summed E-state index contributed by atoms with van der Waals surface area (Å²) in [7, 11) is 1.58. The Kier molecular flexibility index (Phi) is 2.94. The lowest BCUT2D eigenvalue weighted by Gasteiger charge is -1.99. The SMILES string of the molecule is COc1ccc(/C(Cl)=N/O)cc1. The fraction of sp³-hybridized carbons (Fsp3) is 0.125. The first kappa shape index (κ1) is 8.87. The molecule has 12 heavy (non-hydrogen) atoms. The summed E-state index contributed by atoms with van der Waals surface area (Å²) in [5, 5.41) is 11.3. The first-order chi connectivity index (χ1) is 5.77. The third-order valence-electron chi connectivity index (χ3n) is 1.42. The Morgan fingerprint density at radius 2 is 2.00 bits per heavy atom. The highest BCUT2D eigenvalue weighted by Gasteiger charge is 1.99. The fourth-order valence-electron chi connectivity index (χ4n) is 0.786. The van der Waals surface area contributed by atoms with E-state index < -0.39 is 0 Å². The molecule has 0 radical (unpaired) electrons. The van der Waals surface area contributed by atoms with Crippen molar-refractivity contribution in [3.63, 3.8) is 0 Å². The molecule has 0 aromatic heterocycles. The molecule has 0 heterocycles. The highest BCUT2D eigenvalue weighted by molar-refractivity contribution is 6.69. The fourth-order valence-corrected chi connectivity index (χ4v) is 0.912. The van der Waals surface area contributed by atoms with Crippen LogP contribution in [-0.2, 0) is 0 Å². The number of oxime groups is 1. The van der Waals surface area contributed by atoms with Crippen molar-refractivity contribution in [1.82, 2.24) is 0 Å². The van der Waals surface area contributed by atoms with Crippen LogP contribution in [0.3, 0.4) is 0 Å². The Balaban J connectivity index is 2.92. The lowest BCUT2D eigenvalue weighted by atomic mass is 10.2. The normalized spacial score (nSPS) is 11.3. The maximum absolute atomic E-state index is 8.34. The lowest BCUT2D eigenvalue weighted by molar-refractivity contribution is 0.321. The van der Waals surface area contributed by atoms with Crippen LogP contribution in [0.1, 0.15) is 5.56 Å². The van der Waals surface area contributed by atoms with Gasteiger partial charge in [0.15, 0.2) is 5.17 Å². The van der Waals surface area contributed by atoms with E-state index in [9.17, 15) is 0 Å². The van der Waals surface area contributed by atoms with Gasteiger partial charge in [0.1, 0.15) is 5.75 Å². The Labute approximate surface area is 75.2 Å². The Morgan fingerprint density at radius 1 is 1.42 bits per heavy atom. The Bertz CT molecular complexity index is 282. The minimum absolute atomic E-state index is 0.0673. The van der Waals surface area contributed by atoms with Gasteiger partial charge in [-0.3, -0.25) is 0 Å². The van der Waals surface area contributed by atoms with Gasteiger partial charge < -0.3 is 9.94 Å². The third kappa shape index (κ3) is 1.89. The predicted molar refractivity (Wildman–Crippen MR) is 47.2 cm³/mol. The number of hydrogen-bond donors (Lipinski definition) is 1. The van der Waals surface area contributed by atoms with Gasteiger partial charge in [-0.2, -0.15) is 0 Å². The van der Waals surface area contributed by atoms with E-state index in [1.165, 1.54) is 0 Å². The molecule has 1 aromatic carbocycles. The largest absolute Gasteiger partial charge is 0.497 e. The van der Waals surface area contributed by atoms with E-state index in [0.717, 1.165) is 5.75 Å². The summed E-state index contributed by atoms with van der Waals surface area (Å²) in [6.07, 6.45) is 0. The van der Waals surface area contributed by atoms with Crippen LogP contribution in [0, 0.1) is 0 Å². The molecule has 0 spiro atoms. The zero-order valence-corrected chi connectivity index (χ0v) is 7.25. The number of nitrogens with zero attached hydrogens (tertiary/aromatic N) is 1. The van der Waals surface area contributed by atoms with E-state index in [2.05, 4.69) is 5.16 Å². The second-order valence-electron chi connectivity index (χ2n) is 2.12. The third-order valence-corrected chi connectivity index (χ3v) is 1.71. The van der Waals surface area contributed by atoms with E-state index in [4.69, 9.17) is 21.5 Å². The van der Waals surface area contributed by atoms with Crippen LogP contribution in [0.5, 0.6) is 5.75 Å². The molecule has 0 aliphatic rings. The molecule has 0 aliphatic heterocycles. The molecule has 0 unspecified atom stereocenters. The molecule has 1 N–H and O–H groups in total. The maximum Gasteiger partial charge on any atom is 0.175 e. The van der Waals surface area contributed by atoms with Crippen molar-refractivity contribution in [2.45, 2.75) is 0 Å². The van der Waals surface area contributed by atoms with Crippen LogP contribution in [-0.4, -0.2) is 17.5 Å². The quantitative estimate of drug-likeness (QED) is 0.436. The summed E-state index contributed by atoms with van der Waals surface area (Å²) >= 11 is 5.55. The number of halogens is 1. The minimum Gasteiger partial charge on any atom is -0.497 e. The van der Waals surface area contributed by atoms with Crippen LogP contribution in [0.25, 0.3) is 0 Å². The van der Waals surface area contributed by atoms with Crippen molar-refractivity contribution in [3.8, 4) is 5.75 Å². The number of methoxy groups -OCH3 is 1. The van der Waals surface area contributed by atoms with Crippen molar-refractivity contribution in [2.75, 3.05) is 7.11 Å². The average Bonchev–Trinajstić information content (AvgIpc) is 2.17. The molecule has 3 nitrogen and oxygen atoms in total. The highest BCUT2D eigenvalue weighted by atomic mass is 35.5. The van der Waals surface area contributed by atoms with E-state index in [1.54, 1.807) is 31.4 Å². The van der Waals surface area contributed by atoms with Crippen LogP contribution in [0.15, 0.2) is 29.4 Å². The molecule has 0 saturated heterocycles. The maximum atomic E-state index is 8.34. The van der Waals surface area contributed by atoms with E-state index in [-0.39, 0.29) is 5.17 Å². The summed E-state index contributed by atoms with van der Waals surface area (Å²) in [4.78, 5) is 0. The van der Waals surface area contributed by atoms with Gasteiger partial charge in [0.05, 0.1) is 7.11 Å². The van der Waals surface area contributed by atoms with Crippen molar-refractivity contribution in [3.05, 3.63) is 29.8 Å². The molecule has 4 heteroatoms. The zero-order valence-electron chi connectivity index (χ0n) is 6.49. The Hall–Kier alpha value is -1.22. The first-order valence-electron chi connectivity index (χ1n) is 3.30. The molecule has 0 fully saturated rings. The summed E-state index contributed by atoms with van der Waals surface area (Å²) in [6.45, 7) is 0. The van der Waals surface area contributed by atoms with Gasteiger partial charge in [-0.15, -0.1) is 0 Å². The topological polar surface area (TPSA) is 41.8 Å². The number of ether oxygens (including phenoxy) is 1. The minimum atomic E-state index is 0.0673. The van der Waals surface area contributed by atoms with Crippen LogP contribution in [0.4, 0.5) is 0 Å². The molecule has 1 rings (SSSR count). The monoisotopic (exact) mass is 185 g/mol. The standard InChI is InChI=1S/C8H8ClNO2/c1-12-7-4-2-6(3-5-7)8(9)10-11/h2-5,11H,1H3/b10-8-. The molecular weight excluding hydrogens is 178 g/mol. The number of hydrogen-bond acceptors (Lipinski definition) is 3. The molecule has 1 aromatic rings. The second kappa shape index (κ2) is 3.97. The first-order valence-corrected chi connectivity index (χ1v) is 3.67. The summed E-state index contributed by atoms with van der Waals surface area (Å²) in [5.41, 5.74) is 0.653. The zero-order chi connectivity index (χ0) is 8.97. The molecule has 64 valence electrons. The highest BCUT2D eigenvalue weighted by Crippen LogP contribution is 2.12. The van der Waals surface area contributed by atoms with E-state index in [1.807, 2.05) is 0 Å². The number of benzene rings is 1. The van der Waals surface area contributed by atoms with E-state index in [0.29, 0.717) is 5.56 Å². The molecular formula is C8H8ClNO2. The lowest BCUT2D eigenvalue weighted by Crippen LogP contribution is -1.90. The van der Waals surface area contributed by atoms with Crippen LogP contribution >= 0.6 is 11.6 Å². The van der Waals surface area contributed by atoms with Gasteiger partial charge in [0.25, 0.3) is 0 Å². The van der Waals surface area contributed by atoms with E-state index >= 15 is 0 Å². The molecule has 0 saturated carbocycles. The molecule has 0 aliphatic carbocycles. The van der Waals surface area contributed by atoms with Crippen molar-refractivity contribution < 1.29 is 9.94 Å². The molecule has 0 atom stereocenters. The average molecular weight is 186 g/mol. The smallest absolute Gasteiger partial charge is 0.175 e.